The second-order valence-electron chi connectivity index (χ2n) is 5.67. The number of nitrogens with one attached hydrogen (secondary N) is 1. The minimum absolute atomic E-state index is 0. The number of aryl methyl sites for hydroxylation is 1. The van der Waals surface area contributed by atoms with Gasteiger partial charge in [0, 0.05) is 30.1 Å². The molecule has 2 heterocycles. The van der Waals surface area contributed by atoms with Crippen LogP contribution in [-0.2, 0) is 19.4 Å². The molecule has 0 radical (unpaired) electrons. The molecule has 0 bridgehead atoms. The van der Waals surface area contributed by atoms with Gasteiger partial charge in [-0.05, 0) is 24.0 Å². The smallest absolute Gasteiger partial charge is 0.230 e. The Morgan fingerprint density at radius 2 is 2.09 bits per heavy atom. The average molecular weight is 332 g/mol. The molecular weight excluding hydrogens is 314 g/mol. The topological polar surface area (TPSA) is 93.6 Å². The number of hydrogen-bond donors (Lipinski definition) is 2. The zero-order chi connectivity index (χ0) is 14.9. The molecule has 6 nitrogen and oxygen atoms in total. The number of hydrogen-bond acceptors (Lipinski definition) is 5. The highest BCUT2D eigenvalue weighted by molar-refractivity contribution is 5.85. The minimum Gasteiger partial charge on any atom is -0.339 e. The lowest BCUT2D eigenvalue weighted by Gasteiger charge is -2.17. The van der Waals surface area contributed by atoms with E-state index in [1.807, 2.05) is 30.5 Å². The van der Waals surface area contributed by atoms with Crippen molar-refractivity contribution in [3.05, 3.63) is 53.2 Å². The van der Waals surface area contributed by atoms with Gasteiger partial charge in [0.2, 0.25) is 11.7 Å². The summed E-state index contributed by atoms with van der Waals surface area (Å²) in [5, 5.41) is 11.3. The molecular formula is C16H18ClN5O. The van der Waals surface area contributed by atoms with Gasteiger partial charge in [-0.2, -0.15) is 10.1 Å². The van der Waals surface area contributed by atoms with E-state index in [9.17, 15) is 0 Å². The third-order valence-corrected chi connectivity index (χ3v) is 4.26. The first-order valence-corrected chi connectivity index (χ1v) is 7.47. The second-order valence-corrected chi connectivity index (χ2v) is 5.67. The zero-order valence-electron chi connectivity index (χ0n) is 12.5. The molecule has 3 aromatic rings. The summed E-state index contributed by atoms with van der Waals surface area (Å²) in [5.41, 5.74) is 10.1. The van der Waals surface area contributed by atoms with E-state index in [0.29, 0.717) is 18.3 Å². The maximum Gasteiger partial charge on any atom is 0.230 e. The Morgan fingerprint density at radius 1 is 1.26 bits per heavy atom. The van der Waals surface area contributed by atoms with Gasteiger partial charge < -0.3 is 10.3 Å². The molecule has 0 amide bonds. The number of rotatable bonds is 3. The number of aromatic amines is 1. The van der Waals surface area contributed by atoms with Crippen LogP contribution in [-0.4, -0.2) is 20.3 Å². The van der Waals surface area contributed by atoms with Crippen molar-refractivity contribution >= 4 is 12.4 Å². The fraction of sp³-hybridized carbons (Fsp3) is 0.312. The molecule has 4 rings (SSSR count). The van der Waals surface area contributed by atoms with Crippen LogP contribution in [0.5, 0.6) is 0 Å². The lowest BCUT2D eigenvalue weighted by atomic mass is 9.88. The molecule has 1 aromatic carbocycles. The van der Waals surface area contributed by atoms with E-state index in [-0.39, 0.29) is 18.3 Å². The Bertz CT molecular complexity index is 780. The maximum atomic E-state index is 5.61. The predicted molar refractivity (Wildman–Crippen MR) is 88.2 cm³/mol. The highest BCUT2D eigenvalue weighted by Crippen LogP contribution is 2.31. The Morgan fingerprint density at radius 3 is 2.87 bits per heavy atom. The molecule has 7 heteroatoms. The first-order chi connectivity index (χ1) is 10.8. The van der Waals surface area contributed by atoms with Crippen LogP contribution < -0.4 is 5.73 Å². The van der Waals surface area contributed by atoms with Crippen LogP contribution in [0.25, 0.3) is 11.4 Å². The molecule has 1 aliphatic rings. The molecule has 23 heavy (non-hydrogen) atoms. The molecule has 0 saturated carbocycles. The van der Waals surface area contributed by atoms with Gasteiger partial charge in [0.1, 0.15) is 0 Å². The lowest BCUT2D eigenvalue weighted by molar-refractivity contribution is 0.340. The van der Waals surface area contributed by atoms with Crippen LogP contribution in [0.1, 0.15) is 35.1 Å². The van der Waals surface area contributed by atoms with Crippen LogP contribution in [0, 0.1) is 0 Å². The fourth-order valence-electron chi connectivity index (χ4n) is 2.93. The van der Waals surface area contributed by atoms with E-state index in [1.165, 1.54) is 11.3 Å². The van der Waals surface area contributed by atoms with Gasteiger partial charge in [-0.25, -0.2) is 0 Å². The Hall–Kier alpha value is -2.18. The third-order valence-electron chi connectivity index (χ3n) is 4.26. The summed E-state index contributed by atoms with van der Waals surface area (Å²) < 4.78 is 5.49. The summed E-state index contributed by atoms with van der Waals surface area (Å²) in [6, 6.07) is 7.93. The molecule has 0 saturated heterocycles. The SMILES string of the molecule is Cl.NCc1ccc(-c2noc(C3CCc4cn[nH]c4C3)n2)cc1. The summed E-state index contributed by atoms with van der Waals surface area (Å²) in [6.07, 6.45) is 4.80. The van der Waals surface area contributed by atoms with Crippen molar-refractivity contribution in [1.29, 1.82) is 0 Å². The van der Waals surface area contributed by atoms with Crippen LogP contribution in [0.3, 0.4) is 0 Å². The van der Waals surface area contributed by atoms with Crippen LogP contribution in [0.15, 0.2) is 35.0 Å². The number of H-pyrrole nitrogens is 1. The molecule has 0 aliphatic heterocycles. The van der Waals surface area contributed by atoms with Gasteiger partial charge in [0.05, 0.1) is 6.20 Å². The highest BCUT2D eigenvalue weighted by Gasteiger charge is 2.26. The monoisotopic (exact) mass is 331 g/mol. The van der Waals surface area contributed by atoms with E-state index < -0.39 is 0 Å². The van der Waals surface area contributed by atoms with Crippen molar-refractivity contribution in [3.63, 3.8) is 0 Å². The van der Waals surface area contributed by atoms with Crippen molar-refractivity contribution in [2.24, 2.45) is 5.73 Å². The molecule has 120 valence electrons. The molecule has 0 spiro atoms. The van der Waals surface area contributed by atoms with E-state index in [4.69, 9.17) is 10.3 Å². The Labute approximate surface area is 139 Å². The number of nitrogens with zero attached hydrogens (tertiary/aromatic N) is 3. The normalized spacial score (nSPS) is 16.7. The largest absolute Gasteiger partial charge is 0.339 e. The summed E-state index contributed by atoms with van der Waals surface area (Å²) in [5.74, 6) is 1.60. The van der Waals surface area contributed by atoms with Gasteiger partial charge in [-0.3, -0.25) is 5.10 Å². The van der Waals surface area contributed by atoms with Gasteiger partial charge >= 0.3 is 0 Å². The minimum atomic E-state index is 0. The molecule has 2 aromatic heterocycles. The van der Waals surface area contributed by atoms with Crippen molar-refractivity contribution in [2.75, 3.05) is 0 Å². The zero-order valence-corrected chi connectivity index (χ0v) is 13.3. The van der Waals surface area contributed by atoms with Crippen molar-refractivity contribution in [3.8, 4) is 11.4 Å². The molecule has 3 N–H and O–H groups in total. The Kier molecular flexibility index (Phi) is 4.45. The summed E-state index contributed by atoms with van der Waals surface area (Å²) in [4.78, 5) is 4.57. The van der Waals surface area contributed by atoms with Gasteiger partial charge in [-0.1, -0.05) is 29.4 Å². The number of fused-ring (bicyclic) bond motifs is 1. The number of aromatic nitrogens is 4. The summed E-state index contributed by atoms with van der Waals surface area (Å²) in [6.45, 7) is 0.534. The van der Waals surface area contributed by atoms with Crippen LogP contribution in [0.4, 0.5) is 0 Å². The molecule has 0 fully saturated rings. The van der Waals surface area contributed by atoms with E-state index >= 15 is 0 Å². The molecule has 1 atom stereocenters. The fourth-order valence-corrected chi connectivity index (χ4v) is 2.93. The first-order valence-electron chi connectivity index (χ1n) is 7.47. The predicted octanol–water partition coefficient (Wildman–Crippen LogP) is 2.61. The van der Waals surface area contributed by atoms with E-state index in [0.717, 1.165) is 30.4 Å². The third kappa shape index (κ3) is 3.00. The highest BCUT2D eigenvalue weighted by atomic mass is 35.5. The van der Waals surface area contributed by atoms with E-state index in [1.54, 1.807) is 0 Å². The standard InChI is InChI=1S/C16H17N5O.ClH/c17-8-10-1-3-11(4-2-10)15-19-16(22-21-15)12-5-6-13-9-18-20-14(13)7-12;/h1-4,9,12H,5-8,17H2,(H,18,20);1H. The second kappa shape index (κ2) is 6.52. The maximum absolute atomic E-state index is 5.61. The quantitative estimate of drug-likeness (QED) is 0.769. The Balaban J connectivity index is 0.00000156. The molecule has 1 unspecified atom stereocenters. The lowest BCUT2D eigenvalue weighted by Crippen LogP contribution is -2.12. The average Bonchev–Trinajstić information content (AvgIpc) is 3.23. The van der Waals surface area contributed by atoms with Crippen molar-refractivity contribution in [1.82, 2.24) is 20.3 Å². The van der Waals surface area contributed by atoms with Crippen molar-refractivity contribution in [2.45, 2.75) is 31.7 Å². The van der Waals surface area contributed by atoms with Crippen molar-refractivity contribution < 1.29 is 4.52 Å². The number of benzene rings is 1. The number of nitrogens with two attached hydrogens (primary N) is 1. The van der Waals surface area contributed by atoms with Gasteiger partial charge in [0.25, 0.3) is 0 Å². The van der Waals surface area contributed by atoms with E-state index in [2.05, 4.69) is 20.3 Å². The molecule has 1 aliphatic carbocycles. The van der Waals surface area contributed by atoms with Crippen LogP contribution >= 0.6 is 12.4 Å². The summed E-state index contributed by atoms with van der Waals surface area (Å²) >= 11 is 0. The summed E-state index contributed by atoms with van der Waals surface area (Å²) in [7, 11) is 0. The number of halogens is 1. The van der Waals surface area contributed by atoms with Gasteiger partial charge in [-0.15, -0.1) is 12.4 Å². The van der Waals surface area contributed by atoms with Crippen LogP contribution in [0.2, 0.25) is 0 Å². The van der Waals surface area contributed by atoms with Gasteiger partial charge in [0.15, 0.2) is 0 Å². The first kappa shape index (κ1) is 15.7.